The summed E-state index contributed by atoms with van der Waals surface area (Å²) in [4.78, 5) is 39.0. The summed E-state index contributed by atoms with van der Waals surface area (Å²) in [5, 5.41) is 3.20. The number of halogens is 2. The zero-order valence-electron chi connectivity index (χ0n) is 23.0. The van der Waals surface area contributed by atoms with Gasteiger partial charge in [-0.05, 0) is 55.5 Å². The molecule has 2 N–H and O–H groups in total. The van der Waals surface area contributed by atoms with Gasteiger partial charge in [0.05, 0.1) is 17.6 Å². The first-order valence-corrected chi connectivity index (χ1v) is 13.1. The van der Waals surface area contributed by atoms with Gasteiger partial charge in [0.1, 0.15) is 34.3 Å². The number of carbonyl (C=O) groups is 2. The van der Waals surface area contributed by atoms with Crippen LogP contribution >= 0.6 is 0 Å². The fourth-order valence-electron chi connectivity index (χ4n) is 5.10. The minimum absolute atomic E-state index is 0.0442. The molecule has 6 rings (SSSR count). The van der Waals surface area contributed by atoms with Crippen LogP contribution in [-0.2, 0) is 4.79 Å². The number of pyridine rings is 1. The first-order valence-electron chi connectivity index (χ1n) is 13.1. The molecular formula is C32H25F2N5O3. The lowest BCUT2D eigenvalue weighted by Crippen LogP contribution is -2.24. The lowest BCUT2D eigenvalue weighted by Gasteiger charge is -2.21. The molecule has 1 amide bonds. The maximum absolute atomic E-state index is 14.3. The molecule has 0 aliphatic rings. The van der Waals surface area contributed by atoms with Crippen molar-refractivity contribution in [2.75, 3.05) is 25.5 Å². The number of aromatic nitrogens is 3. The van der Waals surface area contributed by atoms with E-state index in [1.807, 2.05) is 12.1 Å². The SMILES string of the molecule is CNC(=O)c1c(-c2ccc(F)cc2)oc2cc(N(C)CC(C)=O)c(-c3cncc(-c4nc5c(F)cccc5[nH]4)c3)cc12. The monoisotopic (exact) mass is 565 g/mol. The topological polar surface area (TPSA) is 104 Å². The molecular weight excluding hydrogens is 540 g/mol. The number of H-pyrrole nitrogens is 1. The first-order chi connectivity index (χ1) is 20.2. The summed E-state index contributed by atoms with van der Waals surface area (Å²) in [6.07, 6.45) is 3.29. The van der Waals surface area contributed by atoms with Gasteiger partial charge in [0.2, 0.25) is 0 Å². The predicted molar refractivity (Wildman–Crippen MR) is 157 cm³/mol. The van der Waals surface area contributed by atoms with Gasteiger partial charge < -0.3 is 19.6 Å². The highest BCUT2D eigenvalue weighted by atomic mass is 19.1. The van der Waals surface area contributed by atoms with E-state index in [0.29, 0.717) is 50.3 Å². The molecule has 10 heteroatoms. The van der Waals surface area contributed by atoms with Gasteiger partial charge in [0.15, 0.2) is 5.82 Å². The number of fused-ring (bicyclic) bond motifs is 2. The van der Waals surface area contributed by atoms with Crippen LogP contribution in [0.1, 0.15) is 17.3 Å². The summed E-state index contributed by atoms with van der Waals surface area (Å²) in [5.41, 5.74) is 4.66. The van der Waals surface area contributed by atoms with E-state index in [2.05, 4.69) is 20.3 Å². The van der Waals surface area contributed by atoms with Crippen molar-refractivity contribution in [2.24, 2.45) is 0 Å². The van der Waals surface area contributed by atoms with Crippen LogP contribution in [-0.4, -0.2) is 47.3 Å². The van der Waals surface area contributed by atoms with E-state index in [1.165, 1.54) is 32.2 Å². The molecule has 3 aromatic heterocycles. The number of aromatic amines is 1. The van der Waals surface area contributed by atoms with E-state index in [4.69, 9.17) is 4.42 Å². The van der Waals surface area contributed by atoms with Crippen LogP contribution in [0.25, 0.3) is 55.8 Å². The van der Waals surface area contributed by atoms with Crippen LogP contribution in [0.4, 0.5) is 14.5 Å². The molecule has 210 valence electrons. The number of rotatable bonds is 7. The van der Waals surface area contributed by atoms with Gasteiger partial charge in [-0.15, -0.1) is 0 Å². The van der Waals surface area contributed by atoms with Crippen molar-refractivity contribution in [3.8, 4) is 33.8 Å². The smallest absolute Gasteiger partial charge is 0.255 e. The lowest BCUT2D eigenvalue weighted by molar-refractivity contribution is -0.115. The summed E-state index contributed by atoms with van der Waals surface area (Å²) in [6.45, 7) is 1.63. The third kappa shape index (κ3) is 4.77. The first kappa shape index (κ1) is 26.8. The third-order valence-corrected chi connectivity index (χ3v) is 7.02. The second-order valence-corrected chi connectivity index (χ2v) is 10.00. The molecule has 0 saturated heterocycles. The Morgan fingerprint density at radius 2 is 1.76 bits per heavy atom. The predicted octanol–water partition coefficient (Wildman–Crippen LogP) is 6.37. The molecule has 0 radical (unpaired) electrons. The number of Topliss-reactive ketones (excluding diaryl/α,β-unsaturated/α-hetero) is 1. The normalized spacial score (nSPS) is 11.3. The quantitative estimate of drug-likeness (QED) is 0.233. The van der Waals surface area contributed by atoms with Gasteiger partial charge >= 0.3 is 0 Å². The summed E-state index contributed by atoms with van der Waals surface area (Å²) >= 11 is 0. The average Bonchev–Trinajstić information content (AvgIpc) is 3.59. The maximum atomic E-state index is 14.3. The Hall–Kier alpha value is -5.38. The molecule has 0 atom stereocenters. The molecule has 0 aliphatic carbocycles. The minimum Gasteiger partial charge on any atom is -0.455 e. The molecule has 0 aliphatic heterocycles. The standard InChI is InChI=1S/C32H25F2N5O3/c1-17(40)16-39(3)26-13-27-23(28(32(41)35-2)30(42-27)18-7-9-21(33)10-8-18)12-22(26)19-11-20(15-36-14-19)31-37-25-6-4-5-24(34)29(25)38-31/h4-15H,16H2,1-3H3,(H,35,41)(H,37,38). The van der Waals surface area contributed by atoms with Crippen LogP contribution in [0.15, 0.2) is 77.5 Å². The Labute approximate surface area is 239 Å². The lowest BCUT2D eigenvalue weighted by atomic mass is 9.98. The van der Waals surface area contributed by atoms with E-state index in [-0.39, 0.29) is 35.1 Å². The minimum atomic E-state index is -0.434. The van der Waals surface area contributed by atoms with Crippen molar-refractivity contribution < 1.29 is 22.8 Å². The molecule has 0 unspecified atom stereocenters. The summed E-state index contributed by atoms with van der Waals surface area (Å²) in [6, 6.07) is 15.8. The van der Waals surface area contributed by atoms with Crippen LogP contribution in [0, 0.1) is 11.6 Å². The van der Waals surface area contributed by atoms with Gasteiger partial charge in [0.25, 0.3) is 5.91 Å². The molecule has 0 spiro atoms. The number of amides is 1. The van der Waals surface area contributed by atoms with Gasteiger partial charge in [-0.3, -0.25) is 14.6 Å². The molecule has 0 fully saturated rings. The maximum Gasteiger partial charge on any atom is 0.255 e. The highest BCUT2D eigenvalue weighted by Gasteiger charge is 2.25. The van der Waals surface area contributed by atoms with E-state index >= 15 is 0 Å². The number of para-hydroxylation sites is 1. The summed E-state index contributed by atoms with van der Waals surface area (Å²) in [7, 11) is 3.31. The fraction of sp³-hybridized carbons (Fsp3) is 0.125. The number of anilines is 1. The summed E-state index contributed by atoms with van der Waals surface area (Å²) < 4.78 is 34.2. The van der Waals surface area contributed by atoms with Gasteiger partial charge in [-0.1, -0.05) is 6.07 Å². The molecule has 6 aromatic rings. The van der Waals surface area contributed by atoms with Gasteiger partial charge in [0, 0.05) is 65.9 Å². The van der Waals surface area contributed by atoms with Crippen LogP contribution in [0.3, 0.4) is 0 Å². The van der Waals surface area contributed by atoms with Crippen molar-refractivity contribution in [1.29, 1.82) is 0 Å². The Kier molecular flexibility index (Phi) is 6.74. The molecule has 42 heavy (non-hydrogen) atoms. The Morgan fingerprint density at radius 1 is 1.00 bits per heavy atom. The van der Waals surface area contributed by atoms with E-state index in [0.717, 1.165) is 0 Å². The van der Waals surface area contributed by atoms with Crippen molar-refractivity contribution in [3.05, 3.63) is 90.3 Å². The molecule has 0 bridgehead atoms. The average molecular weight is 566 g/mol. The molecule has 3 heterocycles. The number of nitrogens with zero attached hydrogens (tertiary/aromatic N) is 3. The molecule has 0 saturated carbocycles. The van der Waals surface area contributed by atoms with Crippen molar-refractivity contribution in [2.45, 2.75) is 6.92 Å². The van der Waals surface area contributed by atoms with Crippen molar-refractivity contribution in [3.63, 3.8) is 0 Å². The van der Waals surface area contributed by atoms with Gasteiger partial charge in [-0.25, -0.2) is 13.8 Å². The van der Waals surface area contributed by atoms with E-state index < -0.39 is 11.6 Å². The number of hydrogen-bond donors (Lipinski definition) is 2. The van der Waals surface area contributed by atoms with Crippen molar-refractivity contribution in [1.82, 2.24) is 20.3 Å². The van der Waals surface area contributed by atoms with Crippen molar-refractivity contribution >= 4 is 39.4 Å². The Morgan fingerprint density at radius 3 is 2.48 bits per heavy atom. The zero-order valence-corrected chi connectivity index (χ0v) is 23.0. The Bertz CT molecular complexity index is 2000. The van der Waals surface area contributed by atoms with E-state index in [1.54, 1.807) is 54.7 Å². The largest absolute Gasteiger partial charge is 0.455 e. The number of furan rings is 1. The zero-order chi connectivity index (χ0) is 29.5. The summed E-state index contributed by atoms with van der Waals surface area (Å²) in [5.74, 6) is -0.532. The highest BCUT2D eigenvalue weighted by molar-refractivity contribution is 6.13. The number of carbonyl (C=O) groups excluding carboxylic acids is 2. The number of nitrogens with one attached hydrogen (secondary N) is 2. The van der Waals surface area contributed by atoms with Crippen LogP contribution < -0.4 is 10.2 Å². The highest BCUT2D eigenvalue weighted by Crippen LogP contribution is 2.41. The number of imidazole rings is 1. The number of likely N-dealkylation sites (N-methyl/N-ethyl adjacent to an activating group) is 1. The van der Waals surface area contributed by atoms with Gasteiger partial charge in [-0.2, -0.15) is 0 Å². The number of benzene rings is 3. The fourth-order valence-corrected chi connectivity index (χ4v) is 5.10. The van der Waals surface area contributed by atoms with Crippen LogP contribution in [0.2, 0.25) is 0 Å². The number of hydrogen-bond acceptors (Lipinski definition) is 6. The number of ketones is 1. The second kappa shape index (κ2) is 10.5. The van der Waals surface area contributed by atoms with E-state index in [9.17, 15) is 18.4 Å². The molecule has 8 nitrogen and oxygen atoms in total. The third-order valence-electron chi connectivity index (χ3n) is 7.02. The van der Waals surface area contributed by atoms with Crippen LogP contribution in [0.5, 0.6) is 0 Å². The molecule has 3 aromatic carbocycles. The second-order valence-electron chi connectivity index (χ2n) is 10.00. The Balaban J connectivity index is 1.57.